The van der Waals surface area contributed by atoms with Crippen LogP contribution < -0.4 is 15.0 Å². The van der Waals surface area contributed by atoms with Crippen molar-refractivity contribution >= 4 is 17.5 Å². The fraction of sp³-hybridized carbons (Fsp3) is 0.476. The first-order valence-electron chi connectivity index (χ1n) is 9.66. The van der Waals surface area contributed by atoms with Crippen LogP contribution in [-0.2, 0) is 11.2 Å². The number of carbonyl (C=O) groups excluding carboxylic acids is 1. The molecule has 6 nitrogen and oxygen atoms in total. The molecule has 3 rings (SSSR count). The minimum atomic E-state index is -0.194. The van der Waals surface area contributed by atoms with Crippen LogP contribution in [0.25, 0.3) is 0 Å². The van der Waals surface area contributed by atoms with Crippen LogP contribution in [0.1, 0.15) is 37.9 Å². The molecule has 27 heavy (non-hydrogen) atoms. The number of aromatic nitrogens is 2. The minimum absolute atomic E-state index is 0.0784. The largest absolute Gasteiger partial charge is 0.467 e. The highest BCUT2D eigenvalue weighted by Gasteiger charge is 2.19. The number of benzene rings is 1. The second-order valence-electron chi connectivity index (χ2n) is 7.16. The molecule has 0 bridgehead atoms. The number of carbonyl (C=O) groups is 1. The first-order chi connectivity index (χ1) is 13.0. The molecule has 0 spiro atoms. The Hall–Kier alpha value is -2.63. The van der Waals surface area contributed by atoms with Crippen LogP contribution in [0.3, 0.4) is 0 Å². The highest BCUT2D eigenvalue weighted by atomic mass is 16.5. The molecule has 0 saturated carbocycles. The van der Waals surface area contributed by atoms with Gasteiger partial charge in [-0.2, -0.15) is 4.98 Å². The van der Waals surface area contributed by atoms with Crippen LogP contribution in [0, 0.1) is 12.8 Å². The maximum absolute atomic E-state index is 12.3. The van der Waals surface area contributed by atoms with E-state index in [1.165, 1.54) is 0 Å². The van der Waals surface area contributed by atoms with Gasteiger partial charge in [0.05, 0.1) is 0 Å². The number of ether oxygens (including phenoxy) is 1. The van der Waals surface area contributed by atoms with Crippen LogP contribution in [0.2, 0.25) is 0 Å². The molecular weight excluding hydrogens is 340 g/mol. The monoisotopic (exact) mass is 368 g/mol. The van der Waals surface area contributed by atoms with Crippen LogP contribution in [0.4, 0.5) is 11.6 Å². The molecule has 144 valence electrons. The van der Waals surface area contributed by atoms with Gasteiger partial charge in [-0.3, -0.25) is 4.79 Å². The number of piperidine rings is 1. The molecule has 1 aromatic carbocycles. The van der Waals surface area contributed by atoms with Crippen molar-refractivity contribution in [1.29, 1.82) is 0 Å². The third kappa shape index (κ3) is 5.18. The van der Waals surface area contributed by atoms with Crippen molar-refractivity contribution in [3.63, 3.8) is 0 Å². The Kier molecular flexibility index (Phi) is 6.27. The average Bonchev–Trinajstić information content (AvgIpc) is 2.67. The molecule has 1 aliphatic rings. The fourth-order valence-corrected chi connectivity index (χ4v) is 3.22. The average molecular weight is 368 g/mol. The van der Waals surface area contributed by atoms with Crippen molar-refractivity contribution in [3.05, 3.63) is 41.6 Å². The van der Waals surface area contributed by atoms with Gasteiger partial charge in [0.2, 0.25) is 11.8 Å². The Balaban J connectivity index is 1.61. The van der Waals surface area contributed by atoms with Crippen molar-refractivity contribution in [1.82, 2.24) is 9.97 Å². The van der Waals surface area contributed by atoms with Gasteiger partial charge in [-0.1, -0.05) is 32.0 Å². The van der Waals surface area contributed by atoms with E-state index < -0.39 is 0 Å². The lowest BCUT2D eigenvalue weighted by atomic mass is 10.00. The lowest BCUT2D eigenvalue weighted by molar-refractivity contribution is -0.118. The SMILES string of the molecule is CCc1ccccc1NC(=O)COc1cc(C)nc(N2CCC(C)CC2)n1. The Morgan fingerprint density at radius 3 is 2.74 bits per heavy atom. The summed E-state index contributed by atoms with van der Waals surface area (Å²) in [5.41, 5.74) is 2.77. The number of nitrogens with one attached hydrogen (secondary N) is 1. The highest BCUT2D eigenvalue weighted by Crippen LogP contribution is 2.22. The molecule has 0 atom stereocenters. The predicted octanol–water partition coefficient (Wildman–Crippen LogP) is 3.60. The van der Waals surface area contributed by atoms with Crippen LogP contribution >= 0.6 is 0 Å². The summed E-state index contributed by atoms with van der Waals surface area (Å²) in [5.74, 6) is 1.68. The molecule has 2 heterocycles. The first-order valence-corrected chi connectivity index (χ1v) is 9.66. The maximum atomic E-state index is 12.3. The minimum Gasteiger partial charge on any atom is -0.467 e. The van der Waals surface area contributed by atoms with Gasteiger partial charge < -0.3 is 15.0 Å². The van der Waals surface area contributed by atoms with E-state index in [1.807, 2.05) is 31.2 Å². The highest BCUT2D eigenvalue weighted by molar-refractivity contribution is 5.92. The van der Waals surface area contributed by atoms with Crippen LogP contribution in [-0.4, -0.2) is 35.6 Å². The van der Waals surface area contributed by atoms with E-state index in [0.717, 1.165) is 55.2 Å². The summed E-state index contributed by atoms with van der Waals surface area (Å²) in [4.78, 5) is 23.5. The van der Waals surface area contributed by atoms with Crippen molar-refractivity contribution in [2.24, 2.45) is 5.92 Å². The molecule has 1 fully saturated rings. The zero-order chi connectivity index (χ0) is 19.2. The molecule has 1 aromatic heterocycles. The van der Waals surface area contributed by atoms with E-state index in [2.05, 4.69) is 34.0 Å². The van der Waals surface area contributed by atoms with Crippen LogP contribution in [0.5, 0.6) is 5.88 Å². The van der Waals surface area contributed by atoms with E-state index in [1.54, 1.807) is 6.07 Å². The quantitative estimate of drug-likeness (QED) is 0.844. The molecule has 2 aromatic rings. The van der Waals surface area contributed by atoms with E-state index in [-0.39, 0.29) is 12.5 Å². The van der Waals surface area contributed by atoms with Gasteiger partial charge in [0.1, 0.15) is 0 Å². The summed E-state index contributed by atoms with van der Waals surface area (Å²) in [5, 5.41) is 2.91. The van der Waals surface area contributed by atoms with E-state index in [9.17, 15) is 4.79 Å². The van der Waals surface area contributed by atoms with Gasteiger partial charge in [0, 0.05) is 30.5 Å². The fourth-order valence-electron chi connectivity index (χ4n) is 3.22. The van der Waals surface area contributed by atoms with Gasteiger partial charge in [-0.25, -0.2) is 4.98 Å². The van der Waals surface area contributed by atoms with Crippen molar-refractivity contribution in [2.45, 2.75) is 40.0 Å². The summed E-state index contributed by atoms with van der Waals surface area (Å²) >= 11 is 0. The number of hydrogen-bond acceptors (Lipinski definition) is 5. The maximum Gasteiger partial charge on any atom is 0.262 e. The summed E-state index contributed by atoms with van der Waals surface area (Å²) < 4.78 is 5.66. The Bertz CT molecular complexity index is 786. The lowest BCUT2D eigenvalue weighted by Gasteiger charge is -2.30. The second-order valence-corrected chi connectivity index (χ2v) is 7.16. The molecule has 1 saturated heterocycles. The molecule has 1 aliphatic heterocycles. The first kappa shape index (κ1) is 19.1. The summed E-state index contributed by atoms with van der Waals surface area (Å²) in [6.07, 6.45) is 3.15. The topological polar surface area (TPSA) is 67.3 Å². The molecule has 1 amide bonds. The van der Waals surface area contributed by atoms with E-state index in [0.29, 0.717) is 11.8 Å². The number of nitrogens with zero attached hydrogens (tertiary/aromatic N) is 3. The molecule has 0 aliphatic carbocycles. The van der Waals surface area contributed by atoms with Crippen LogP contribution in [0.15, 0.2) is 30.3 Å². The van der Waals surface area contributed by atoms with E-state index in [4.69, 9.17) is 4.74 Å². The Morgan fingerprint density at radius 2 is 2.00 bits per heavy atom. The number of rotatable bonds is 6. The van der Waals surface area contributed by atoms with Gasteiger partial charge in [0.15, 0.2) is 6.61 Å². The third-order valence-corrected chi connectivity index (χ3v) is 4.91. The zero-order valence-corrected chi connectivity index (χ0v) is 16.4. The number of hydrogen-bond donors (Lipinski definition) is 1. The Labute approximate surface area is 161 Å². The standard InChI is InChI=1S/C21H28N4O2/c1-4-17-7-5-6-8-18(17)23-19(26)14-27-20-13-16(3)22-21(24-20)25-11-9-15(2)10-12-25/h5-8,13,15H,4,9-12,14H2,1-3H3,(H,23,26). The second kappa shape index (κ2) is 8.84. The number of para-hydroxylation sites is 1. The van der Waals surface area contributed by atoms with Gasteiger partial charge in [-0.05, 0) is 43.7 Å². The van der Waals surface area contributed by atoms with Crippen molar-refractivity contribution in [2.75, 3.05) is 29.9 Å². The van der Waals surface area contributed by atoms with E-state index >= 15 is 0 Å². The molecule has 1 N–H and O–H groups in total. The lowest BCUT2D eigenvalue weighted by Crippen LogP contribution is -2.34. The van der Waals surface area contributed by atoms with Gasteiger partial charge in [-0.15, -0.1) is 0 Å². The number of anilines is 2. The summed E-state index contributed by atoms with van der Waals surface area (Å²) in [7, 11) is 0. The summed E-state index contributed by atoms with van der Waals surface area (Å²) in [6.45, 7) is 8.09. The van der Waals surface area contributed by atoms with Crippen molar-refractivity contribution < 1.29 is 9.53 Å². The zero-order valence-electron chi connectivity index (χ0n) is 16.4. The smallest absolute Gasteiger partial charge is 0.262 e. The number of amides is 1. The van der Waals surface area contributed by atoms with Crippen molar-refractivity contribution in [3.8, 4) is 5.88 Å². The predicted molar refractivity (Wildman–Crippen MR) is 107 cm³/mol. The third-order valence-electron chi connectivity index (χ3n) is 4.91. The molecule has 0 radical (unpaired) electrons. The van der Waals surface area contributed by atoms with Gasteiger partial charge in [0.25, 0.3) is 5.91 Å². The Morgan fingerprint density at radius 1 is 1.26 bits per heavy atom. The molecular formula is C21H28N4O2. The number of aryl methyl sites for hydroxylation is 2. The van der Waals surface area contributed by atoms with Gasteiger partial charge >= 0.3 is 0 Å². The normalized spacial score (nSPS) is 14.9. The summed E-state index contributed by atoms with van der Waals surface area (Å²) in [6, 6.07) is 9.56. The molecule has 0 unspecified atom stereocenters. The molecule has 6 heteroatoms.